The topological polar surface area (TPSA) is 52.7 Å². The van der Waals surface area contributed by atoms with Crippen LogP contribution in [0.3, 0.4) is 0 Å². The van der Waals surface area contributed by atoms with Crippen molar-refractivity contribution in [1.82, 2.24) is 9.80 Å². The van der Waals surface area contributed by atoms with E-state index < -0.39 is 11.8 Å². The van der Waals surface area contributed by atoms with Crippen molar-refractivity contribution in [2.45, 2.75) is 32.6 Å². The molecule has 5 heteroatoms. The molecule has 1 N–H and O–H groups in total. The van der Waals surface area contributed by atoms with E-state index in [1.54, 1.807) is 4.90 Å². The standard InChI is InChI=1S/C19H27N3O2/c1-3-15-6-4-5-7-16(15)20-17(23)18(24)22-12-9-19(10-13-22)8-11-21(2)14-19/h4-7H,3,8-14H2,1-2H3,(H,20,23). The number of benzene rings is 1. The summed E-state index contributed by atoms with van der Waals surface area (Å²) in [4.78, 5) is 28.9. The van der Waals surface area contributed by atoms with Crippen LogP contribution < -0.4 is 5.32 Å². The summed E-state index contributed by atoms with van der Waals surface area (Å²) in [6.45, 7) is 5.67. The highest BCUT2D eigenvalue weighted by Crippen LogP contribution is 2.39. The van der Waals surface area contributed by atoms with Gasteiger partial charge in [0.05, 0.1) is 0 Å². The minimum Gasteiger partial charge on any atom is -0.334 e. The van der Waals surface area contributed by atoms with Crippen LogP contribution in [0, 0.1) is 5.41 Å². The van der Waals surface area contributed by atoms with Gasteiger partial charge in [-0.1, -0.05) is 25.1 Å². The quantitative estimate of drug-likeness (QED) is 0.846. The number of carbonyl (C=O) groups is 2. The van der Waals surface area contributed by atoms with E-state index in [-0.39, 0.29) is 0 Å². The number of amides is 2. The Kier molecular flexibility index (Phi) is 4.90. The summed E-state index contributed by atoms with van der Waals surface area (Å²) < 4.78 is 0. The molecular formula is C19H27N3O2. The molecule has 2 heterocycles. The fourth-order valence-corrected chi connectivity index (χ4v) is 4.02. The molecule has 0 saturated carbocycles. The van der Waals surface area contributed by atoms with E-state index >= 15 is 0 Å². The van der Waals surface area contributed by atoms with Crippen molar-refractivity contribution in [3.63, 3.8) is 0 Å². The lowest BCUT2D eigenvalue weighted by atomic mass is 9.78. The molecule has 1 aromatic rings. The van der Waals surface area contributed by atoms with Crippen molar-refractivity contribution < 1.29 is 9.59 Å². The number of likely N-dealkylation sites (tertiary alicyclic amines) is 2. The average molecular weight is 329 g/mol. The Bertz CT molecular complexity index is 621. The highest BCUT2D eigenvalue weighted by atomic mass is 16.2. The van der Waals surface area contributed by atoms with E-state index in [1.165, 1.54) is 6.42 Å². The fraction of sp³-hybridized carbons (Fsp3) is 0.579. The molecule has 24 heavy (non-hydrogen) atoms. The fourth-order valence-electron chi connectivity index (χ4n) is 4.02. The molecule has 3 rings (SSSR count). The minimum atomic E-state index is -0.518. The van der Waals surface area contributed by atoms with Crippen molar-refractivity contribution in [2.24, 2.45) is 5.41 Å². The number of hydrogen-bond donors (Lipinski definition) is 1. The number of anilines is 1. The Morgan fingerprint density at radius 1 is 1.12 bits per heavy atom. The smallest absolute Gasteiger partial charge is 0.313 e. The Morgan fingerprint density at radius 2 is 1.79 bits per heavy atom. The molecule has 2 saturated heterocycles. The molecule has 0 aromatic heterocycles. The molecule has 0 atom stereocenters. The summed E-state index contributed by atoms with van der Waals surface area (Å²) in [6.07, 6.45) is 4.04. The van der Waals surface area contributed by atoms with Gasteiger partial charge in [-0.05, 0) is 56.3 Å². The first-order valence-corrected chi connectivity index (χ1v) is 8.90. The van der Waals surface area contributed by atoms with Gasteiger partial charge >= 0.3 is 11.8 Å². The van der Waals surface area contributed by atoms with E-state index in [0.29, 0.717) is 18.5 Å². The van der Waals surface area contributed by atoms with Gasteiger partial charge in [0.15, 0.2) is 0 Å². The Morgan fingerprint density at radius 3 is 2.42 bits per heavy atom. The van der Waals surface area contributed by atoms with Gasteiger partial charge in [0.2, 0.25) is 0 Å². The number of para-hydroxylation sites is 1. The van der Waals surface area contributed by atoms with Crippen LogP contribution in [0.4, 0.5) is 5.69 Å². The van der Waals surface area contributed by atoms with Crippen LogP contribution >= 0.6 is 0 Å². The van der Waals surface area contributed by atoms with Crippen LogP contribution in [-0.4, -0.2) is 54.8 Å². The summed E-state index contributed by atoms with van der Waals surface area (Å²) in [5.41, 5.74) is 2.14. The molecule has 0 radical (unpaired) electrons. The third-order valence-electron chi connectivity index (χ3n) is 5.58. The van der Waals surface area contributed by atoms with Crippen LogP contribution in [0.2, 0.25) is 0 Å². The van der Waals surface area contributed by atoms with Crippen molar-refractivity contribution in [3.8, 4) is 0 Å². The predicted octanol–water partition coefficient (Wildman–Crippen LogP) is 2.13. The van der Waals surface area contributed by atoms with Gasteiger partial charge in [-0.3, -0.25) is 9.59 Å². The van der Waals surface area contributed by atoms with E-state index in [2.05, 4.69) is 17.3 Å². The van der Waals surface area contributed by atoms with E-state index in [9.17, 15) is 9.59 Å². The lowest BCUT2D eigenvalue weighted by Gasteiger charge is -2.38. The molecule has 0 bridgehead atoms. The predicted molar refractivity (Wildman–Crippen MR) is 94.8 cm³/mol. The molecule has 0 aliphatic carbocycles. The number of aryl methyl sites for hydroxylation is 1. The minimum absolute atomic E-state index is 0.358. The van der Waals surface area contributed by atoms with Crippen LogP contribution in [0.1, 0.15) is 31.7 Å². The zero-order valence-corrected chi connectivity index (χ0v) is 14.7. The summed E-state index contributed by atoms with van der Waals surface area (Å²) in [5, 5.41) is 2.79. The van der Waals surface area contributed by atoms with Gasteiger partial charge in [-0.2, -0.15) is 0 Å². The Labute approximate surface area is 144 Å². The first kappa shape index (κ1) is 17.0. The summed E-state index contributed by atoms with van der Waals surface area (Å²) in [5.74, 6) is -0.919. The van der Waals surface area contributed by atoms with Crippen LogP contribution in [-0.2, 0) is 16.0 Å². The van der Waals surface area contributed by atoms with E-state index in [4.69, 9.17) is 0 Å². The van der Waals surface area contributed by atoms with Crippen molar-refractivity contribution in [3.05, 3.63) is 29.8 Å². The molecule has 2 fully saturated rings. The number of carbonyl (C=O) groups excluding carboxylic acids is 2. The van der Waals surface area contributed by atoms with Gasteiger partial charge in [-0.25, -0.2) is 0 Å². The first-order chi connectivity index (χ1) is 11.5. The maximum Gasteiger partial charge on any atom is 0.313 e. The van der Waals surface area contributed by atoms with Crippen LogP contribution in [0.15, 0.2) is 24.3 Å². The number of nitrogens with zero attached hydrogens (tertiary/aromatic N) is 2. The molecule has 130 valence electrons. The van der Waals surface area contributed by atoms with E-state index in [1.807, 2.05) is 31.2 Å². The monoisotopic (exact) mass is 329 g/mol. The SMILES string of the molecule is CCc1ccccc1NC(=O)C(=O)N1CCC2(CCN(C)C2)CC1. The summed E-state index contributed by atoms with van der Waals surface area (Å²) in [7, 11) is 2.16. The van der Waals surface area contributed by atoms with Crippen molar-refractivity contribution >= 4 is 17.5 Å². The molecule has 1 aromatic carbocycles. The third-order valence-corrected chi connectivity index (χ3v) is 5.58. The summed E-state index contributed by atoms with van der Waals surface area (Å²) >= 11 is 0. The maximum atomic E-state index is 12.5. The lowest BCUT2D eigenvalue weighted by Crippen LogP contribution is -2.47. The Hall–Kier alpha value is -1.88. The zero-order chi connectivity index (χ0) is 17.2. The average Bonchev–Trinajstić information content (AvgIpc) is 2.96. The molecule has 1 spiro atoms. The van der Waals surface area contributed by atoms with Gasteiger partial charge < -0.3 is 15.1 Å². The molecule has 2 aliphatic rings. The number of hydrogen-bond acceptors (Lipinski definition) is 3. The normalized spacial score (nSPS) is 20.3. The number of rotatable bonds is 2. The molecule has 0 unspecified atom stereocenters. The second-order valence-corrected chi connectivity index (χ2v) is 7.24. The van der Waals surface area contributed by atoms with Crippen molar-refractivity contribution in [2.75, 3.05) is 38.5 Å². The number of piperidine rings is 1. The lowest BCUT2D eigenvalue weighted by molar-refractivity contribution is -0.144. The van der Waals surface area contributed by atoms with Crippen molar-refractivity contribution in [1.29, 1.82) is 0 Å². The summed E-state index contributed by atoms with van der Waals surface area (Å²) in [6, 6.07) is 7.64. The van der Waals surface area contributed by atoms with E-state index in [0.717, 1.165) is 43.6 Å². The van der Waals surface area contributed by atoms with Crippen LogP contribution in [0.25, 0.3) is 0 Å². The highest BCUT2D eigenvalue weighted by Gasteiger charge is 2.40. The molecule has 5 nitrogen and oxygen atoms in total. The van der Waals surface area contributed by atoms with Gasteiger partial charge in [0.25, 0.3) is 0 Å². The molecular weight excluding hydrogens is 302 g/mol. The zero-order valence-electron chi connectivity index (χ0n) is 14.7. The second-order valence-electron chi connectivity index (χ2n) is 7.24. The van der Waals surface area contributed by atoms with Gasteiger partial charge in [0.1, 0.15) is 0 Å². The van der Waals surface area contributed by atoms with Crippen LogP contribution in [0.5, 0.6) is 0 Å². The van der Waals surface area contributed by atoms with Gasteiger partial charge in [0, 0.05) is 25.3 Å². The highest BCUT2D eigenvalue weighted by molar-refractivity contribution is 6.39. The molecule has 2 amide bonds. The Balaban J connectivity index is 1.58. The first-order valence-electron chi connectivity index (χ1n) is 8.90. The maximum absolute atomic E-state index is 12.5. The largest absolute Gasteiger partial charge is 0.334 e. The van der Waals surface area contributed by atoms with Gasteiger partial charge in [-0.15, -0.1) is 0 Å². The second kappa shape index (κ2) is 6.93. The molecule has 2 aliphatic heterocycles. The number of nitrogens with one attached hydrogen (secondary N) is 1. The third kappa shape index (κ3) is 3.46.